The zero-order valence-electron chi connectivity index (χ0n) is 14.6. The van der Waals surface area contributed by atoms with Gasteiger partial charge in [0.25, 0.3) is 10.1 Å². The summed E-state index contributed by atoms with van der Waals surface area (Å²) >= 11 is 0. The van der Waals surface area contributed by atoms with Gasteiger partial charge in [0.15, 0.2) is 5.71 Å². The quantitative estimate of drug-likeness (QED) is 0.475. The van der Waals surface area contributed by atoms with Crippen molar-refractivity contribution in [3.05, 3.63) is 60.2 Å². The highest BCUT2D eigenvalue weighted by molar-refractivity contribution is 7.85. The minimum Gasteiger partial charge on any atom is -0.286 e. The van der Waals surface area contributed by atoms with Crippen molar-refractivity contribution in [1.29, 1.82) is 0 Å². The van der Waals surface area contributed by atoms with Crippen LogP contribution in [0.1, 0.15) is 38.7 Å². The van der Waals surface area contributed by atoms with Crippen molar-refractivity contribution in [3.8, 4) is 0 Å². The van der Waals surface area contributed by atoms with E-state index in [9.17, 15) is 8.42 Å². The van der Waals surface area contributed by atoms with Crippen molar-refractivity contribution in [2.24, 2.45) is 0 Å². The maximum absolute atomic E-state index is 10.9. The molecule has 0 bridgehead atoms. The highest BCUT2D eigenvalue weighted by Gasteiger charge is 2.46. The third-order valence-electron chi connectivity index (χ3n) is 5.22. The summed E-state index contributed by atoms with van der Waals surface area (Å²) in [4.78, 5) is 0. The van der Waals surface area contributed by atoms with Crippen LogP contribution in [0.5, 0.6) is 0 Å². The lowest BCUT2D eigenvalue weighted by molar-refractivity contribution is 0.475. The molecule has 2 aromatic carbocycles. The first-order valence-corrected chi connectivity index (χ1v) is 10.2. The van der Waals surface area contributed by atoms with Crippen LogP contribution in [0.3, 0.4) is 0 Å². The average Bonchev–Trinajstić information content (AvgIpc) is 2.80. The number of hydrogen-bond acceptors (Lipinski definition) is 2. The Morgan fingerprint density at radius 1 is 1.00 bits per heavy atom. The molecule has 1 heterocycles. The lowest BCUT2D eigenvalue weighted by Crippen LogP contribution is -2.30. The molecule has 0 aromatic heterocycles. The van der Waals surface area contributed by atoms with Crippen LogP contribution in [-0.2, 0) is 15.5 Å². The van der Waals surface area contributed by atoms with Crippen molar-refractivity contribution < 1.29 is 13.0 Å². The fraction of sp³-hybridized carbons (Fsp3) is 0.350. The summed E-state index contributed by atoms with van der Waals surface area (Å²) in [6.07, 6.45) is 2.05. The van der Waals surface area contributed by atoms with Crippen LogP contribution in [0.25, 0.3) is 0 Å². The Kier molecular flexibility index (Phi) is 4.80. The summed E-state index contributed by atoms with van der Waals surface area (Å²) in [7, 11) is -3.88. The third kappa shape index (κ3) is 3.53. The van der Waals surface area contributed by atoms with Gasteiger partial charge in [0.05, 0.1) is 11.2 Å². The van der Waals surface area contributed by atoms with E-state index < -0.39 is 10.1 Å². The van der Waals surface area contributed by atoms with Crippen LogP contribution >= 0.6 is 0 Å². The lowest BCUT2D eigenvalue weighted by Gasteiger charge is -2.22. The lowest BCUT2D eigenvalue weighted by atomic mass is 9.76. The van der Waals surface area contributed by atoms with E-state index in [1.807, 2.05) is 24.3 Å². The van der Waals surface area contributed by atoms with Gasteiger partial charge in [-0.05, 0) is 19.8 Å². The van der Waals surface area contributed by atoms with Gasteiger partial charge < -0.3 is 0 Å². The molecular formula is C20H24NO3S+. The van der Waals surface area contributed by atoms with Gasteiger partial charge in [0, 0.05) is 30.7 Å². The normalized spacial score (nSPS) is 20.0. The molecule has 0 amide bonds. The molecule has 132 valence electrons. The molecule has 0 radical (unpaired) electrons. The molecule has 5 heteroatoms. The van der Waals surface area contributed by atoms with E-state index in [4.69, 9.17) is 4.55 Å². The predicted octanol–water partition coefficient (Wildman–Crippen LogP) is 4.31. The van der Waals surface area contributed by atoms with Crippen LogP contribution in [0, 0.1) is 0 Å². The number of para-hydroxylation sites is 2. The zero-order valence-corrected chi connectivity index (χ0v) is 15.5. The second-order valence-electron chi connectivity index (χ2n) is 6.85. The third-order valence-corrected chi connectivity index (χ3v) is 6.02. The molecule has 2 aromatic rings. The van der Waals surface area contributed by atoms with E-state index in [0.717, 1.165) is 18.5 Å². The number of fused-ring (bicyclic) bond motifs is 1. The second-order valence-corrected chi connectivity index (χ2v) is 8.42. The number of nitrogens with zero attached hydrogens (tertiary/aromatic N) is 1. The Balaban J connectivity index is 1.94. The molecule has 3 rings (SSSR count). The molecular weight excluding hydrogens is 334 g/mol. The molecule has 0 saturated heterocycles. The number of unbranched alkanes of at least 4 members (excludes halogenated alkanes) is 1. The molecule has 1 N–H and O–H groups in total. The fourth-order valence-corrected chi connectivity index (χ4v) is 4.31. The van der Waals surface area contributed by atoms with Gasteiger partial charge >= 0.3 is 0 Å². The van der Waals surface area contributed by atoms with E-state index in [2.05, 4.69) is 48.8 Å². The van der Waals surface area contributed by atoms with Gasteiger partial charge in [-0.3, -0.25) is 4.55 Å². The van der Waals surface area contributed by atoms with E-state index in [0.29, 0.717) is 6.42 Å². The van der Waals surface area contributed by atoms with Crippen molar-refractivity contribution in [1.82, 2.24) is 4.58 Å². The summed E-state index contributed by atoms with van der Waals surface area (Å²) in [5.41, 5.74) is 4.68. The Hall–Kier alpha value is -1.98. The summed E-state index contributed by atoms with van der Waals surface area (Å²) < 4.78 is 33.1. The second kappa shape index (κ2) is 6.73. The summed E-state index contributed by atoms with van der Waals surface area (Å²) in [6, 6.07) is 18.7. The van der Waals surface area contributed by atoms with Gasteiger partial charge in [-0.25, -0.2) is 0 Å². The Morgan fingerprint density at radius 3 is 2.32 bits per heavy atom. The summed E-state index contributed by atoms with van der Waals surface area (Å²) in [5.74, 6) is -0.174. The molecule has 0 fully saturated rings. The maximum Gasteiger partial charge on any atom is 0.264 e. The Morgan fingerprint density at radius 2 is 1.64 bits per heavy atom. The molecule has 4 nitrogen and oxygen atoms in total. The highest BCUT2D eigenvalue weighted by atomic mass is 32.2. The van der Waals surface area contributed by atoms with Gasteiger partial charge in [-0.1, -0.05) is 42.8 Å². The molecule has 1 unspecified atom stereocenters. The highest BCUT2D eigenvalue weighted by Crippen LogP contribution is 2.44. The molecule has 25 heavy (non-hydrogen) atoms. The van der Waals surface area contributed by atoms with Crippen LogP contribution in [-0.4, -0.2) is 24.4 Å². The topological polar surface area (TPSA) is 57.4 Å². The van der Waals surface area contributed by atoms with Crippen LogP contribution in [0.15, 0.2) is 54.6 Å². The van der Waals surface area contributed by atoms with Crippen molar-refractivity contribution >= 4 is 27.2 Å². The SMILES string of the molecule is CC1=[N+](c2ccccc2)c2ccccc2C1(C)CCCCS(=O)(=O)O. The monoisotopic (exact) mass is 358 g/mol. The average molecular weight is 358 g/mol. The van der Waals surface area contributed by atoms with E-state index in [1.54, 1.807) is 0 Å². The maximum atomic E-state index is 10.9. The molecule has 1 atom stereocenters. The molecule has 0 spiro atoms. The predicted molar refractivity (Wildman–Crippen MR) is 103 cm³/mol. The smallest absolute Gasteiger partial charge is 0.264 e. The molecule has 0 aliphatic carbocycles. The van der Waals surface area contributed by atoms with Crippen molar-refractivity contribution in [2.75, 3.05) is 5.75 Å². The number of rotatable bonds is 6. The Labute approximate surface area is 149 Å². The zero-order chi connectivity index (χ0) is 18.1. The van der Waals surface area contributed by atoms with Crippen LogP contribution in [0.4, 0.5) is 11.4 Å². The van der Waals surface area contributed by atoms with Gasteiger partial charge in [0.1, 0.15) is 0 Å². The number of hydrogen-bond donors (Lipinski definition) is 1. The van der Waals surface area contributed by atoms with Gasteiger partial charge in [-0.15, -0.1) is 0 Å². The fourth-order valence-electron chi connectivity index (χ4n) is 3.75. The summed E-state index contributed by atoms with van der Waals surface area (Å²) in [6.45, 7) is 4.37. The van der Waals surface area contributed by atoms with Crippen LogP contribution in [0.2, 0.25) is 0 Å². The minimum atomic E-state index is -3.88. The first-order chi connectivity index (χ1) is 11.8. The molecule has 0 saturated carbocycles. The van der Waals surface area contributed by atoms with E-state index >= 15 is 0 Å². The first kappa shape index (κ1) is 17.8. The van der Waals surface area contributed by atoms with Crippen molar-refractivity contribution in [3.63, 3.8) is 0 Å². The largest absolute Gasteiger partial charge is 0.286 e. The number of benzene rings is 2. The minimum absolute atomic E-state index is 0.147. The van der Waals surface area contributed by atoms with Gasteiger partial charge in [-0.2, -0.15) is 13.0 Å². The standard InChI is InChI=1S/C20H23NO3S/c1-16-20(2,14-8-9-15-25(22,23)24)18-12-6-7-13-19(18)21(16)17-10-4-3-5-11-17/h3-7,10-13H,8-9,14-15H2,1-2H3/p+1. The first-order valence-electron chi connectivity index (χ1n) is 8.57. The summed E-state index contributed by atoms with van der Waals surface area (Å²) in [5, 5.41) is 0. The molecule has 1 aliphatic rings. The Bertz CT molecular complexity index is 904. The van der Waals surface area contributed by atoms with Crippen molar-refractivity contribution in [2.45, 2.75) is 38.5 Å². The van der Waals surface area contributed by atoms with Gasteiger partial charge in [0.2, 0.25) is 11.4 Å². The van der Waals surface area contributed by atoms with Crippen LogP contribution < -0.4 is 4.58 Å². The molecule has 1 aliphatic heterocycles. The van der Waals surface area contributed by atoms with E-state index in [-0.39, 0.29) is 11.2 Å². The van der Waals surface area contributed by atoms with E-state index in [1.165, 1.54) is 17.0 Å².